The van der Waals surface area contributed by atoms with Gasteiger partial charge in [-0.05, 0) is 69.9 Å². The number of carbonyl (C=O) groups excluding carboxylic acids is 1. The molecule has 0 atom stereocenters. The summed E-state index contributed by atoms with van der Waals surface area (Å²) in [7, 11) is 0. The van der Waals surface area contributed by atoms with E-state index < -0.39 is 5.60 Å². The fraction of sp³-hybridized carbons (Fsp3) is 0.650. The second-order valence-electron chi connectivity index (χ2n) is 7.78. The zero-order valence-electron chi connectivity index (χ0n) is 15.3. The van der Waals surface area contributed by atoms with Gasteiger partial charge in [0.05, 0.1) is 6.61 Å². The number of carbonyl (C=O) groups is 1. The highest BCUT2D eigenvalue weighted by Gasteiger charge is 2.26. The SMILES string of the molecule is CC(C)(C)OC(=O)N1CCC(CCCc2ccc(CO)cc2)CC1. The number of likely N-dealkylation sites (tertiary alicyclic amines) is 1. The van der Waals surface area contributed by atoms with Crippen molar-refractivity contribution in [1.29, 1.82) is 0 Å². The molecule has 1 heterocycles. The van der Waals surface area contributed by atoms with Crippen LogP contribution in [0.15, 0.2) is 24.3 Å². The molecule has 1 aromatic carbocycles. The third kappa shape index (κ3) is 6.16. The molecule has 0 radical (unpaired) electrons. The van der Waals surface area contributed by atoms with E-state index in [2.05, 4.69) is 12.1 Å². The van der Waals surface area contributed by atoms with Crippen LogP contribution < -0.4 is 0 Å². The van der Waals surface area contributed by atoms with Crippen molar-refractivity contribution < 1.29 is 14.6 Å². The van der Waals surface area contributed by atoms with E-state index >= 15 is 0 Å². The molecule has 1 fully saturated rings. The third-order valence-electron chi connectivity index (χ3n) is 4.55. The van der Waals surface area contributed by atoms with Gasteiger partial charge in [-0.2, -0.15) is 0 Å². The van der Waals surface area contributed by atoms with E-state index in [0.29, 0.717) is 5.92 Å². The highest BCUT2D eigenvalue weighted by molar-refractivity contribution is 5.68. The minimum atomic E-state index is -0.417. The van der Waals surface area contributed by atoms with E-state index in [1.165, 1.54) is 18.4 Å². The third-order valence-corrected chi connectivity index (χ3v) is 4.55. The highest BCUT2D eigenvalue weighted by Crippen LogP contribution is 2.24. The fourth-order valence-corrected chi connectivity index (χ4v) is 3.14. The van der Waals surface area contributed by atoms with Crippen molar-refractivity contribution in [2.75, 3.05) is 13.1 Å². The molecule has 4 nitrogen and oxygen atoms in total. The van der Waals surface area contributed by atoms with Gasteiger partial charge in [-0.15, -0.1) is 0 Å². The van der Waals surface area contributed by atoms with Gasteiger partial charge in [0.1, 0.15) is 5.60 Å². The van der Waals surface area contributed by atoms with Crippen LogP contribution in [-0.2, 0) is 17.8 Å². The quantitative estimate of drug-likeness (QED) is 0.880. The largest absolute Gasteiger partial charge is 0.444 e. The van der Waals surface area contributed by atoms with Crippen molar-refractivity contribution >= 4 is 6.09 Å². The lowest BCUT2D eigenvalue weighted by atomic mass is 9.91. The van der Waals surface area contributed by atoms with Crippen molar-refractivity contribution in [3.8, 4) is 0 Å². The van der Waals surface area contributed by atoms with E-state index in [0.717, 1.165) is 37.9 Å². The lowest BCUT2D eigenvalue weighted by molar-refractivity contribution is 0.0180. The van der Waals surface area contributed by atoms with E-state index in [4.69, 9.17) is 9.84 Å². The number of piperidine rings is 1. The molecule has 24 heavy (non-hydrogen) atoms. The lowest BCUT2D eigenvalue weighted by Gasteiger charge is -2.33. The van der Waals surface area contributed by atoms with Crippen LogP contribution in [0.1, 0.15) is 57.6 Å². The van der Waals surface area contributed by atoms with E-state index in [1.807, 2.05) is 37.8 Å². The molecule has 0 bridgehead atoms. The molecule has 2 rings (SSSR count). The van der Waals surface area contributed by atoms with Crippen LogP contribution in [0.4, 0.5) is 4.79 Å². The summed E-state index contributed by atoms with van der Waals surface area (Å²) >= 11 is 0. The van der Waals surface area contributed by atoms with Gasteiger partial charge >= 0.3 is 6.09 Å². The maximum atomic E-state index is 12.1. The van der Waals surface area contributed by atoms with Crippen LogP contribution in [0.5, 0.6) is 0 Å². The van der Waals surface area contributed by atoms with Gasteiger partial charge in [0, 0.05) is 13.1 Å². The number of hydrogen-bond acceptors (Lipinski definition) is 3. The van der Waals surface area contributed by atoms with Gasteiger partial charge in [0.25, 0.3) is 0 Å². The molecular formula is C20H31NO3. The number of hydrogen-bond donors (Lipinski definition) is 1. The molecule has 1 aliphatic rings. The van der Waals surface area contributed by atoms with Crippen LogP contribution in [0.2, 0.25) is 0 Å². The number of amides is 1. The average Bonchev–Trinajstić information content (AvgIpc) is 2.54. The molecule has 1 aromatic rings. The number of aliphatic hydroxyl groups is 1. The molecule has 1 aliphatic heterocycles. The Morgan fingerprint density at radius 1 is 1.17 bits per heavy atom. The Hall–Kier alpha value is -1.55. The van der Waals surface area contributed by atoms with Crippen molar-refractivity contribution in [1.82, 2.24) is 4.90 Å². The standard InChI is InChI=1S/C20H31NO3/c1-20(2,3)24-19(23)21-13-11-17(12-14-21)6-4-5-16-7-9-18(15-22)10-8-16/h7-10,17,22H,4-6,11-15H2,1-3H3. The smallest absolute Gasteiger partial charge is 0.410 e. The Kier molecular flexibility index (Phi) is 6.67. The zero-order valence-corrected chi connectivity index (χ0v) is 15.3. The summed E-state index contributed by atoms with van der Waals surface area (Å²) in [6.07, 6.45) is 5.44. The van der Waals surface area contributed by atoms with Crippen LogP contribution in [-0.4, -0.2) is 34.8 Å². The van der Waals surface area contributed by atoms with Crippen molar-refractivity contribution in [3.05, 3.63) is 35.4 Å². The number of ether oxygens (including phenoxy) is 1. The maximum Gasteiger partial charge on any atom is 0.410 e. The van der Waals surface area contributed by atoms with Gasteiger partial charge < -0.3 is 14.7 Å². The molecule has 134 valence electrons. The first-order valence-corrected chi connectivity index (χ1v) is 9.04. The molecule has 0 saturated carbocycles. The Labute approximate surface area is 145 Å². The summed E-state index contributed by atoms with van der Waals surface area (Å²) in [4.78, 5) is 13.9. The monoisotopic (exact) mass is 333 g/mol. The summed E-state index contributed by atoms with van der Waals surface area (Å²) in [6.45, 7) is 7.45. The molecule has 1 N–H and O–H groups in total. The molecule has 0 aliphatic carbocycles. The van der Waals surface area contributed by atoms with Gasteiger partial charge in [0.15, 0.2) is 0 Å². The van der Waals surface area contributed by atoms with Crippen LogP contribution in [0, 0.1) is 5.92 Å². The van der Waals surface area contributed by atoms with Gasteiger partial charge in [-0.3, -0.25) is 0 Å². The first-order valence-electron chi connectivity index (χ1n) is 9.04. The van der Waals surface area contributed by atoms with Crippen LogP contribution in [0.25, 0.3) is 0 Å². The van der Waals surface area contributed by atoms with Gasteiger partial charge in [-0.1, -0.05) is 24.3 Å². The molecule has 4 heteroatoms. The van der Waals surface area contributed by atoms with Gasteiger partial charge in [0.2, 0.25) is 0 Å². The van der Waals surface area contributed by atoms with Crippen LogP contribution in [0.3, 0.4) is 0 Å². The van der Waals surface area contributed by atoms with Gasteiger partial charge in [-0.25, -0.2) is 4.79 Å². The van der Waals surface area contributed by atoms with Crippen LogP contribution >= 0.6 is 0 Å². The van der Waals surface area contributed by atoms with E-state index in [-0.39, 0.29) is 12.7 Å². The number of benzene rings is 1. The van der Waals surface area contributed by atoms with E-state index in [1.54, 1.807) is 0 Å². The van der Waals surface area contributed by atoms with Crippen molar-refractivity contribution in [2.45, 2.75) is 65.1 Å². The highest BCUT2D eigenvalue weighted by atomic mass is 16.6. The number of aliphatic hydroxyl groups excluding tert-OH is 1. The number of rotatable bonds is 5. The predicted molar refractivity (Wildman–Crippen MR) is 95.8 cm³/mol. The fourth-order valence-electron chi connectivity index (χ4n) is 3.14. The average molecular weight is 333 g/mol. The first-order chi connectivity index (χ1) is 11.4. The van der Waals surface area contributed by atoms with Crippen molar-refractivity contribution in [3.63, 3.8) is 0 Å². The van der Waals surface area contributed by atoms with E-state index in [9.17, 15) is 4.79 Å². The Bertz CT molecular complexity index is 511. The summed E-state index contributed by atoms with van der Waals surface area (Å²) in [5.41, 5.74) is 1.88. The molecule has 0 aromatic heterocycles. The maximum absolute atomic E-state index is 12.1. The second-order valence-corrected chi connectivity index (χ2v) is 7.78. The predicted octanol–water partition coefficient (Wildman–Crippen LogP) is 4.15. The second kappa shape index (κ2) is 8.52. The number of nitrogens with zero attached hydrogens (tertiary/aromatic N) is 1. The molecule has 1 amide bonds. The van der Waals surface area contributed by atoms with Crippen molar-refractivity contribution in [2.24, 2.45) is 5.92 Å². The summed E-state index contributed by atoms with van der Waals surface area (Å²) < 4.78 is 5.44. The number of aryl methyl sites for hydroxylation is 1. The Morgan fingerprint density at radius 3 is 2.29 bits per heavy atom. The minimum absolute atomic E-state index is 0.108. The topological polar surface area (TPSA) is 49.8 Å². The molecule has 1 saturated heterocycles. The Balaban J connectivity index is 1.66. The summed E-state index contributed by atoms with van der Waals surface area (Å²) in [6, 6.07) is 8.20. The summed E-state index contributed by atoms with van der Waals surface area (Å²) in [5, 5.41) is 9.06. The zero-order chi connectivity index (χ0) is 17.6. The summed E-state index contributed by atoms with van der Waals surface area (Å²) in [5.74, 6) is 0.709. The lowest BCUT2D eigenvalue weighted by Crippen LogP contribution is -2.41. The normalized spacial score (nSPS) is 16.2. The molecular weight excluding hydrogens is 302 g/mol. The molecule has 0 spiro atoms. The minimum Gasteiger partial charge on any atom is -0.444 e. The molecule has 0 unspecified atom stereocenters. The first kappa shape index (κ1) is 18.8. The Morgan fingerprint density at radius 2 is 1.75 bits per heavy atom.